The van der Waals surface area contributed by atoms with Crippen molar-refractivity contribution in [2.45, 2.75) is 20.8 Å². The molecule has 0 unspecified atom stereocenters. The van der Waals surface area contributed by atoms with E-state index < -0.39 is 34.2 Å². The van der Waals surface area contributed by atoms with Crippen LogP contribution in [0.4, 0.5) is 8.78 Å². The topological polar surface area (TPSA) is 67.8 Å². The van der Waals surface area contributed by atoms with Gasteiger partial charge in [-0.15, -0.1) is 0 Å². The largest absolute Gasteiger partial charge is 0.505 e. The zero-order valence-corrected chi connectivity index (χ0v) is 14.4. The summed E-state index contributed by atoms with van der Waals surface area (Å²) in [4.78, 5) is 16.8. The first-order chi connectivity index (χ1) is 11.9. The van der Waals surface area contributed by atoms with Gasteiger partial charge in [0.15, 0.2) is 17.1 Å². The number of aromatic hydroxyl groups is 1. The maximum atomic E-state index is 13.6. The lowest BCUT2D eigenvalue weighted by molar-refractivity contribution is -0.894. The fraction of sp³-hybridized carbons (Fsp3) is 0.333. The molecule has 1 aromatic carbocycles. The Bertz CT molecular complexity index is 886. The van der Waals surface area contributed by atoms with Crippen LogP contribution >= 0.6 is 0 Å². The number of benzene rings is 2. The average Bonchev–Trinajstić information content (AvgIpc) is 2.63. The van der Waals surface area contributed by atoms with Gasteiger partial charge < -0.3 is 14.4 Å². The number of aromatic nitrogens is 1. The number of phenols is 1. The van der Waals surface area contributed by atoms with Crippen molar-refractivity contribution in [2.75, 3.05) is 19.6 Å². The lowest BCUT2D eigenvalue weighted by atomic mass is 10.2. The minimum atomic E-state index is -1.13. The molecule has 0 saturated carbocycles. The summed E-state index contributed by atoms with van der Waals surface area (Å²) >= 11 is 0. The molecule has 0 radical (unpaired) electrons. The third-order valence-electron chi connectivity index (χ3n) is 4.04. The van der Waals surface area contributed by atoms with Crippen molar-refractivity contribution in [3.63, 3.8) is 0 Å². The van der Waals surface area contributed by atoms with E-state index in [0.717, 1.165) is 12.1 Å². The Morgan fingerprint density at radius 3 is 2.24 bits per heavy atom. The quantitative estimate of drug-likeness (QED) is 0.710. The summed E-state index contributed by atoms with van der Waals surface area (Å²) in [6, 6.07) is 4.75. The van der Waals surface area contributed by atoms with Crippen LogP contribution in [-0.4, -0.2) is 29.7 Å². The van der Waals surface area contributed by atoms with E-state index in [1.165, 1.54) is 31.8 Å². The predicted molar refractivity (Wildman–Crippen MR) is 91.1 cm³/mol. The summed E-state index contributed by atoms with van der Waals surface area (Å²) < 4.78 is 32.1. The molecule has 1 aliphatic carbocycles. The number of nitrogens with zero attached hydrogens (tertiary/aromatic N) is 1. The van der Waals surface area contributed by atoms with Crippen LogP contribution in [0.15, 0.2) is 33.5 Å². The van der Waals surface area contributed by atoms with Gasteiger partial charge in [0.1, 0.15) is 11.2 Å². The SMILES string of the molecule is CC[NH+](CC)CC.O=c1ccc2nc3ccc(O)c(F)c3oc-2c1F. The molecule has 2 N–H and O–H groups in total. The van der Waals surface area contributed by atoms with Crippen LogP contribution in [0.5, 0.6) is 5.75 Å². The van der Waals surface area contributed by atoms with Gasteiger partial charge in [-0.05, 0) is 45.0 Å². The van der Waals surface area contributed by atoms with Gasteiger partial charge in [-0.2, -0.15) is 8.78 Å². The Kier molecular flexibility index (Phi) is 6.03. The molecule has 0 saturated heterocycles. The normalized spacial score (nSPS) is 11.0. The fourth-order valence-corrected chi connectivity index (χ4v) is 2.42. The van der Waals surface area contributed by atoms with E-state index in [1.807, 2.05) is 0 Å². The van der Waals surface area contributed by atoms with E-state index in [0.29, 0.717) is 0 Å². The standard InChI is InChI=1S/C12H5F2NO3.C6H15N/c13-9-7(16)3-1-5-11(9)18-12-6(15-5)2-4-8(17)10(12)14;1-4-7(5-2)6-3/h1-4,16H;4-6H2,1-3H3/p+1. The Labute approximate surface area is 143 Å². The molecule has 5 nitrogen and oxygen atoms in total. The third kappa shape index (κ3) is 3.93. The zero-order chi connectivity index (χ0) is 18.6. The van der Waals surface area contributed by atoms with E-state index >= 15 is 0 Å². The van der Waals surface area contributed by atoms with Gasteiger partial charge in [-0.25, -0.2) is 4.98 Å². The molecule has 3 rings (SSSR count). The summed E-state index contributed by atoms with van der Waals surface area (Å²) in [5, 5.41) is 9.19. The van der Waals surface area contributed by atoms with Gasteiger partial charge in [0.2, 0.25) is 17.1 Å². The van der Waals surface area contributed by atoms with Crippen molar-refractivity contribution in [1.29, 1.82) is 0 Å². The first-order valence-corrected chi connectivity index (χ1v) is 8.16. The Balaban J connectivity index is 0.000000277. The fourth-order valence-electron chi connectivity index (χ4n) is 2.42. The number of nitrogens with one attached hydrogen (secondary N) is 1. The molecule has 1 aliphatic heterocycles. The van der Waals surface area contributed by atoms with Crippen LogP contribution in [0.3, 0.4) is 0 Å². The van der Waals surface area contributed by atoms with Crippen molar-refractivity contribution in [2.24, 2.45) is 0 Å². The van der Waals surface area contributed by atoms with E-state index in [9.17, 15) is 18.7 Å². The van der Waals surface area contributed by atoms with Crippen molar-refractivity contribution in [3.05, 3.63) is 46.1 Å². The first-order valence-electron chi connectivity index (χ1n) is 8.16. The highest BCUT2D eigenvalue weighted by molar-refractivity contribution is 5.78. The molecular formula is C18H21F2N2O3+. The second kappa shape index (κ2) is 8.02. The molecule has 0 atom stereocenters. The second-order valence-electron chi connectivity index (χ2n) is 5.50. The molecular weight excluding hydrogens is 330 g/mol. The number of phenolic OH excluding ortho intramolecular Hbond substituents is 1. The van der Waals surface area contributed by atoms with Crippen LogP contribution in [0.2, 0.25) is 0 Å². The predicted octanol–water partition coefficient (Wildman–Crippen LogP) is 2.21. The molecule has 134 valence electrons. The van der Waals surface area contributed by atoms with E-state index in [-0.39, 0.29) is 11.2 Å². The lowest BCUT2D eigenvalue weighted by Crippen LogP contribution is -3.11. The van der Waals surface area contributed by atoms with Crippen LogP contribution < -0.4 is 10.3 Å². The third-order valence-corrected chi connectivity index (χ3v) is 4.04. The maximum Gasteiger partial charge on any atom is 0.218 e. The second-order valence-corrected chi connectivity index (χ2v) is 5.50. The highest BCUT2D eigenvalue weighted by Crippen LogP contribution is 2.30. The molecule has 0 bridgehead atoms. The number of fused-ring (bicyclic) bond motifs is 2. The number of hydrogen-bond donors (Lipinski definition) is 2. The molecule has 7 heteroatoms. The van der Waals surface area contributed by atoms with Gasteiger partial charge in [0, 0.05) is 0 Å². The van der Waals surface area contributed by atoms with Gasteiger partial charge >= 0.3 is 0 Å². The summed E-state index contributed by atoms with van der Waals surface area (Å²) in [6.45, 7) is 10.5. The number of hydrogen-bond acceptors (Lipinski definition) is 4. The molecule has 0 fully saturated rings. The first kappa shape index (κ1) is 18.8. The Morgan fingerprint density at radius 1 is 1.04 bits per heavy atom. The van der Waals surface area contributed by atoms with E-state index in [4.69, 9.17) is 4.42 Å². The van der Waals surface area contributed by atoms with Crippen molar-refractivity contribution >= 4 is 11.1 Å². The highest BCUT2D eigenvalue weighted by Gasteiger charge is 2.19. The van der Waals surface area contributed by atoms with Gasteiger partial charge in [-0.1, -0.05) is 0 Å². The molecule has 0 amide bonds. The number of rotatable bonds is 3. The molecule has 0 aromatic heterocycles. The summed E-state index contributed by atoms with van der Waals surface area (Å²) in [5.41, 5.74) is -1.04. The molecule has 25 heavy (non-hydrogen) atoms. The van der Waals surface area contributed by atoms with Crippen LogP contribution in [0, 0.1) is 11.6 Å². The number of halogens is 2. The van der Waals surface area contributed by atoms with Crippen molar-refractivity contribution < 1.29 is 23.2 Å². The van der Waals surface area contributed by atoms with Gasteiger partial charge in [-0.3, -0.25) is 4.79 Å². The number of quaternary nitrogens is 1. The van der Waals surface area contributed by atoms with Gasteiger partial charge in [0.05, 0.1) is 19.6 Å². The van der Waals surface area contributed by atoms with Crippen LogP contribution in [0.25, 0.3) is 22.6 Å². The van der Waals surface area contributed by atoms with E-state index in [1.54, 1.807) is 4.90 Å². The minimum Gasteiger partial charge on any atom is -0.505 e. The van der Waals surface area contributed by atoms with Crippen LogP contribution in [-0.2, 0) is 0 Å². The highest BCUT2D eigenvalue weighted by atomic mass is 19.1. The molecule has 0 spiro atoms. The molecule has 1 heterocycles. The van der Waals surface area contributed by atoms with Crippen molar-refractivity contribution in [3.8, 4) is 17.2 Å². The zero-order valence-electron chi connectivity index (χ0n) is 14.4. The summed E-state index contributed by atoms with van der Waals surface area (Å²) in [7, 11) is 0. The lowest BCUT2D eigenvalue weighted by Gasteiger charge is -2.10. The van der Waals surface area contributed by atoms with Crippen LogP contribution in [0.1, 0.15) is 20.8 Å². The maximum absolute atomic E-state index is 13.6. The molecule has 2 aliphatic rings. The Hall–Kier alpha value is -2.54. The summed E-state index contributed by atoms with van der Waals surface area (Å²) in [5.74, 6) is -3.24. The molecule has 1 aromatic rings. The van der Waals surface area contributed by atoms with E-state index in [2.05, 4.69) is 25.8 Å². The van der Waals surface area contributed by atoms with Crippen molar-refractivity contribution in [1.82, 2.24) is 4.98 Å². The average molecular weight is 351 g/mol. The summed E-state index contributed by atoms with van der Waals surface area (Å²) in [6.07, 6.45) is 0. The monoisotopic (exact) mass is 351 g/mol. The Morgan fingerprint density at radius 2 is 1.68 bits per heavy atom. The smallest absolute Gasteiger partial charge is 0.218 e. The van der Waals surface area contributed by atoms with Gasteiger partial charge in [0.25, 0.3) is 0 Å². The minimum absolute atomic E-state index is 0.102.